The molecule has 1 atom stereocenters. The number of nitrogens with zero attached hydrogens (tertiary/aromatic N) is 2. The maximum atomic E-state index is 13.5. The van der Waals surface area contributed by atoms with Crippen molar-refractivity contribution in [1.82, 2.24) is 10.2 Å². The molecule has 2 amide bonds. The average Bonchev–Trinajstić information content (AvgIpc) is 2.91. The summed E-state index contributed by atoms with van der Waals surface area (Å²) in [7, 11) is -2.09. The minimum absolute atomic E-state index is 0.0539. The van der Waals surface area contributed by atoms with Crippen LogP contribution in [-0.2, 0) is 26.2 Å². The molecule has 39 heavy (non-hydrogen) atoms. The highest BCUT2D eigenvalue weighted by atomic mass is 35.5. The van der Waals surface area contributed by atoms with Crippen molar-refractivity contribution in [3.63, 3.8) is 0 Å². The highest BCUT2D eigenvalue weighted by molar-refractivity contribution is 7.92. The number of ether oxygens (including phenoxy) is 1. The zero-order valence-corrected chi connectivity index (χ0v) is 25.0. The summed E-state index contributed by atoms with van der Waals surface area (Å²) in [5.74, 6) is 0.0683. The van der Waals surface area contributed by atoms with Crippen molar-refractivity contribution < 1.29 is 22.7 Å². The van der Waals surface area contributed by atoms with Crippen molar-refractivity contribution in [1.29, 1.82) is 0 Å². The molecule has 1 aliphatic carbocycles. The van der Waals surface area contributed by atoms with E-state index in [2.05, 4.69) is 5.32 Å². The van der Waals surface area contributed by atoms with E-state index in [1.165, 1.54) is 22.7 Å². The molecule has 0 saturated heterocycles. The number of anilines is 1. The number of halogens is 2. The summed E-state index contributed by atoms with van der Waals surface area (Å²) < 4.78 is 31.6. The second kappa shape index (κ2) is 14.2. The van der Waals surface area contributed by atoms with Gasteiger partial charge < -0.3 is 15.0 Å². The fraction of sp³-hybridized carbons (Fsp3) is 0.500. The van der Waals surface area contributed by atoms with Gasteiger partial charge in [-0.1, -0.05) is 54.6 Å². The van der Waals surface area contributed by atoms with Crippen molar-refractivity contribution >= 4 is 50.7 Å². The average molecular weight is 599 g/mol. The molecule has 214 valence electrons. The second-order valence-corrected chi connectivity index (χ2v) is 12.7. The number of methoxy groups -OCH3 is 1. The van der Waals surface area contributed by atoms with Crippen molar-refractivity contribution in [2.24, 2.45) is 0 Å². The van der Waals surface area contributed by atoms with Gasteiger partial charge in [-0.25, -0.2) is 8.42 Å². The number of carbonyl (C=O) groups excluding carboxylic acids is 2. The Morgan fingerprint density at radius 1 is 1.08 bits per heavy atom. The Hall–Kier alpha value is -2.49. The van der Waals surface area contributed by atoms with Gasteiger partial charge in [-0.3, -0.25) is 13.9 Å². The monoisotopic (exact) mass is 597 g/mol. The van der Waals surface area contributed by atoms with Crippen LogP contribution in [0, 0.1) is 0 Å². The highest BCUT2D eigenvalue weighted by Crippen LogP contribution is 2.26. The van der Waals surface area contributed by atoms with Crippen LogP contribution in [0.1, 0.15) is 57.4 Å². The van der Waals surface area contributed by atoms with Gasteiger partial charge in [0.2, 0.25) is 21.8 Å². The van der Waals surface area contributed by atoms with Gasteiger partial charge in [-0.05, 0) is 56.0 Å². The number of nitrogens with one attached hydrogen (secondary N) is 1. The maximum absolute atomic E-state index is 13.5. The first-order valence-corrected chi connectivity index (χ1v) is 15.8. The van der Waals surface area contributed by atoms with E-state index < -0.39 is 16.1 Å². The molecule has 0 bridgehead atoms. The van der Waals surface area contributed by atoms with E-state index in [-0.39, 0.29) is 43.8 Å². The van der Waals surface area contributed by atoms with Gasteiger partial charge in [0, 0.05) is 31.6 Å². The fourth-order valence-corrected chi connectivity index (χ4v) is 6.03. The summed E-state index contributed by atoms with van der Waals surface area (Å²) in [4.78, 5) is 28.2. The summed E-state index contributed by atoms with van der Waals surface area (Å²) in [5.41, 5.74) is 1.20. The first-order valence-electron chi connectivity index (χ1n) is 13.1. The van der Waals surface area contributed by atoms with Crippen molar-refractivity contribution in [3.05, 3.63) is 58.1 Å². The van der Waals surface area contributed by atoms with Crippen LogP contribution in [0.25, 0.3) is 0 Å². The standard InChI is InChI=1S/C28H37Cl2N3O5S/c1-20(28(35)31-22-9-5-4-6-10-22)32(19-21-14-15-25(29)26(30)17-21)27(34)13-8-16-33(39(3,36)37)23-11-7-12-24(18-23)38-2/h7,11-12,14-15,17-18,20,22H,4-6,8-10,13,16,19H2,1-3H3,(H,31,35)/t20-/m1/s1. The normalized spacial score (nSPS) is 14.9. The molecule has 3 rings (SSSR count). The molecule has 0 spiro atoms. The Morgan fingerprint density at radius 3 is 2.44 bits per heavy atom. The Bertz CT molecular complexity index is 1250. The van der Waals surface area contributed by atoms with Gasteiger partial charge in [-0.2, -0.15) is 0 Å². The SMILES string of the molecule is COc1cccc(N(CCCC(=O)N(Cc2ccc(Cl)c(Cl)c2)[C@H](C)C(=O)NC2CCCCC2)S(C)(=O)=O)c1. The van der Waals surface area contributed by atoms with E-state index in [0.717, 1.165) is 37.5 Å². The van der Waals surface area contributed by atoms with E-state index >= 15 is 0 Å². The van der Waals surface area contributed by atoms with E-state index in [9.17, 15) is 18.0 Å². The molecule has 0 radical (unpaired) electrons. The Balaban J connectivity index is 1.74. The van der Waals surface area contributed by atoms with E-state index in [1.807, 2.05) is 0 Å². The van der Waals surface area contributed by atoms with Gasteiger partial charge in [0.15, 0.2) is 0 Å². The lowest BCUT2D eigenvalue weighted by Gasteiger charge is -2.31. The zero-order valence-electron chi connectivity index (χ0n) is 22.7. The van der Waals surface area contributed by atoms with Gasteiger partial charge in [-0.15, -0.1) is 0 Å². The molecule has 1 aliphatic rings. The van der Waals surface area contributed by atoms with Crippen LogP contribution in [0.2, 0.25) is 10.0 Å². The van der Waals surface area contributed by atoms with Gasteiger partial charge in [0.05, 0.1) is 29.1 Å². The molecule has 0 aromatic heterocycles. The molecule has 0 unspecified atom stereocenters. The summed E-state index contributed by atoms with van der Waals surface area (Å²) in [5, 5.41) is 3.87. The third-order valence-corrected chi connectivity index (χ3v) is 8.88. The van der Waals surface area contributed by atoms with E-state index in [0.29, 0.717) is 21.5 Å². The molecule has 1 saturated carbocycles. The predicted molar refractivity (Wildman–Crippen MR) is 156 cm³/mol. The van der Waals surface area contributed by atoms with Crippen LogP contribution < -0.4 is 14.4 Å². The summed E-state index contributed by atoms with van der Waals surface area (Å²) in [6.07, 6.45) is 6.64. The number of hydrogen-bond acceptors (Lipinski definition) is 5. The number of amides is 2. The second-order valence-electron chi connectivity index (χ2n) is 9.93. The van der Waals surface area contributed by atoms with Crippen LogP contribution in [0.15, 0.2) is 42.5 Å². The van der Waals surface area contributed by atoms with Gasteiger partial charge >= 0.3 is 0 Å². The maximum Gasteiger partial charge on any atom is 0.242 e. The third kappa shape index (κ3) is 9.01. The molecule has 1 N–H and O–H groups in total. The van der Waals surface area contributed by atoms with E-state index in [4.69, 9.17) is 27.9 Å². The minimum atomic E-state index is -3.60. The number of benzene rings is 2. The largest absolute Gasteiger partial charge is 0.497 e. The lowest BCUT2D eigenvalue weighted by molar-refractivity contribution is -0.141. The number of carbonyl (C=O) groups is 2. The molecule has 2 aromatic rings. The molecular weight excluding hydrogens is 561 g/mol. The molecule has 1 fully saturated rings. The topological polar surface area (TPSA) is 96.0 Å². The minimum Gasteiger partial charge on any atom is -0.497 e. The molecular formula is C28H37Cl2N3O5S. The van der Waals surface area contributed by atoms with Crippen LogP contribution in [0.5, 0.6) is 5.75 Å². The molecule has 11 heteroatoms. The smallest absolute Gasteiger partial charge is 0.242 e. The van der Waals surface area contributed by atoms with Crippen molar-refractivity contribution in [3.8, 4) is 5.75 Å². The van der Waals surface area contributed by atoms with Crippen LogP contribution in [0.4, 0.5) is 5.69 Å². The Labute approximate surface area is 241 Å². The summed E-state index contributed by atoms with van der Waals surface area (Å²) in [6.45, 7) is 1.98. The number of sulfonamides is 1. The van der Waals surface area contributed by atoms with Crippen molar-refractivity contribution in [2.75, 3.05) is 24.2 Å². The van der Waals surface area contributed by atoms with E-state index in [1.54, 1.807) is 49.4 Å². The molecule has 8 nitrogen and oxygen atoms in total. The fourth-order valence-electron chi connectivity index (χ4n) is 4.76. The number of rotatable bonds is 12. The highest BCUT2D eigenvalue weighted by Gasteiger charge is 2.28. The lowest BCUT2D eigenvalue weighted by atomic mass is 9.95. The summed E-state index contributed by atoms with van der Waals surface area (Å²) >= 11 is 12.3. The van der Waals surface area contributed by atoms with Crippen LogP contribution >= 0.6 is 23.2 Å². The number of hydrogen-bond donors (Lipinski definition) is 1. The first kappa shape index (κ1) is 31.0. The molecule has 2 aromatic carbocycles. The van der Waals surface area contributed by atoms with Crippen LogP contribution in [0.3, 0.4) is 0 Å². The van der Waals surface area contributed by atoms with Gasteiger partial charge in [0.25, 0.3) is 0 Å². The molecule has 0 aliphatic heterocycles. The quantitative estimate of drug-likeness (QED) is 0.352. The summed E-state index contributed by atoms with van der Waals surface area (Å²) in [6, 6.07) is 11.3. The van der Waals surface area contributed by atoms with Crippen LogP contribution in [-0.4, -0.2) is 57.1 Å². The molecule has 0 heterocycles. The lowest BCUT2D eigenvalue weighted by Crippen LogP contribution is -2.50. The Morgan fingerprint density at radius 2 is 1.79 bits per heavy atom. The first-order chi connectivity index (χ1) is 18.5. The van der Waals surface area contributed by atoms with Gasteiger partial charge in [0.1, 0.15) is 11.8 Å². The zero-order chi connectivity index (χ0) is 28.6. The Kier molecular flexibility index (Phi) is 11.3. The van der Waals surface area contributed by atoms with Crippen molar-refractivity contribution in [2.45, 2.75) is 70.5 Å². The third-order valence-electron chi connectivity index (χ3n) is 6.95. The predicted octanol–water partition coefficient (Wildman–Crippen LogP) is 5.41.